The topological polar surface area (TPSA) is 33.1 Å². The molecule has 2 atom stereocenters. The van der Waals surface area contributed by atoms with Gasteiger partial charge in [-0.05, 0) is 26.7 Å². The highest BCUT2D eigenvalue weighted by molar-refractivity contribution is 5.17. The maximum Gasteiger partial charge on any atom is 0.0539 e. The Morgan fingerprint density at radius 2 is 2.18 bits per heavy atom. The lowest BCUT2D eigenvalue weighted by molar-refractivity contribution is 0.0435. The minimum Gasteiger partial charge on any atom is -0.250 e. The molecule has 1 fully saturated rings. The highest BCUT2D eigenvalue weighted by atomic mass is 15.5. The van der Waals surface area contributed by atoms with Gasteiger partial charge in [0.05, 0.1) is 6.20 Å². The summed E-state index contributed by atoms with van der Waals surface area (Å²) in [5.74, 6) is 0. The average molecular weight is 234 g/mol. The highest BCUT2D eigenvalue weighted by Crippen LogP contribution is 2.20. The van der Waals surface area contributed by atoms with Gasteiger partial charge in [0, 0.05) is 36.6 Å². The molecule has 2 unspecified atom stereocenters. The van der Waals surface area contributed by atoms with E-state index in [-0.39, 0.29) is 0 Å². The normalized spacial score (nSPS) is 26.0. The number of hydrogen-bond acceptors (Lipinski definition) is 3. The fourth-order valence-corrected chi connectivity index (χ4v) is 2.48. The maximum absolute atomic E-state index is 4.18. The van der Waals surface area contributed by atoms with Crippen molar-refractivity contribution in [3.8, 4) is 0 Å². The zero-order valence-electron chi connectivity index (χ0n) is 10.8. The van der Waals surface area contributed by atoms with E-state index in [2.05, 4.69) is 36.0 Å². The fourth-order valence-electron chi connectivity index (χ4n) is 2.48. The number of nitrogens with zero attached hydrogens (tertiary/aromatic N) is 3. The molecule has 1 aliphatic heterocycles. The van der Waals surface area contributed by atoms with Crippen molar-refractivity contribution in [1.82, 2.24) is 20.2 Å². The second-order valence-corrected chi connectivity index (χ2v) is 4.88. The van der Waals surface area contributed by atoms with E-state index in [0.29, 0.717) is 12.1 Å². The fraction of sp³-hybridized carbons (Fsp3) is 0.615. The van der Waals surface area contributed by atoms with Crippen molar-refractivity contribution in [1.29, 1.82) is 0 Å². The van der Waals surface area contributed by atoms with Crippen LogP contribution in [0.3, 0.4) is 0 Å². The molecule has 1 N–H and O–H groups in total. The number of nitrogens with one attached hydrogen (secondary N) is 1. The Bertz CT molecular complexity index is 361. The summed E-state index contributed by atoms with van der Waals surface area (Å²) in [5, 5.41) is 6.56. The number of aromatic nitrogens is 2. The predicted octanol–water partition coefficient (Wildman–Crippen LogP) is 2.25. The molecule has 2 rings (SSSR count). The van der Waals surface area contributed by atoms with Crippen LogP contribution in [-0.4, -0.2) is 26.9 Å². The minimum atomic E-state index is 0.619. The van der Waals surface area contributed by atoms with E-state index < -0.39 is 0 Å². The van der Waals surface area contributed by atoms with Crippen molar-refractivity contribution in [3.63, 3.8) is 0 Å². The summed E-state index contributed by atoms with van der Waals surface area (Å²) in [6, 6.07) is 1.24. The van der Waals surface area contributed by atoms with Crippen LogP contribution < -0.4 is 5.43 Å². The first kappa shape index (κ1) is 12.3. The number of hydrazine groups is 1. The zero-order chi connectivity index (χ0) is 12.3. The van der Waals surface area contributed by atoms with Crippen molar-refractivity contribution in [2.75, 3.05) is 0 Å². The van der Waals surface area contributed by atoms with Crippen LogP contribution in [0.5, 0.6) is 0 Å². The van der Waals surface area contributed by atoms with Crippen molar-refractivity contribution in [3.05, 3.63) is 24.5 Å². The molecule has 1 saturated heterocycles. The molecule has 0 saturated carbocycles. The van der Waals surface area contributed by atoms with Gasteiger partial charge in [0.2, 0.25) is 0 Å². The van der Waals surface area contributed by atoms with Crippen LogP contribution in [0.1, 0.15) is 38.7 Å². The van der Waals surface area contributed by atoms with Crippen LogP contribution in [-0.2, 0) is 6.54 Å². The molecule has 0 bridgehead atoms. The third kappa shape index (κ3) is 2.96. The van der Waals surface area contributed by atoms with Gasteiger partial charge in [-0.15, -0.1) is 0 Å². The van der Waals surface area contributed by atoms with E-state index in [9.17, 15) is 0 Å². The summed E-state index contributed by atoms with van der Waals surface area (Å²) in [5.41, 5.74) is 4.71. The van der Waals surface area contributed by atoms with Crippen molar-refractivity contribution in [2.45, 2.75) is 51.7 Å². The molecule has 17 heavy (non-hydrogen) atoms. The summed E-state index contributed by atoms with van der Waals surface area (Å²) in [6.45, 7) is 9.10. The van der Waals surface area contributed by atoms with Gasteiger partial charge in [0.15, 0.2) is 0 Å². The Kier molecular flexibility index (Phi) is 3.97. The molecule has 4 nitrogen and oxygen atoms in total. The first-order valence-electron chi connectivity index (χ1n) is 6.38. The molecule has 1 aromatic heterocycles. The quantitative estimate of drug-likeness (QED) is 0.867. The summed E-state index contributed by atoms with van der Waals surface area (Å²) in [6.07, 6.45) is 9.49. The van der Waals surface area contributed by atoms with Gasteiger partial charge in [0.1, 0.15) is 0 Å². The molecular formula is C13H22N4. The first-order chi connectivity index (χ1) is 8.20. The van der Waals surface area contributed by atoms with Crippen molar-refractivity contribution in [2.24, 2.45) is 0 Å². The van der Waals surface area contributed by atoms with Gasteiger partial charge in [-0.3, -0.25) is 5.43 Å². The van der Waals surface area contributed by atoms with Crippen LogP contribution >= 0.6 is 0 Å². The largest absolute Gasteiger partial charge is 0.250 e. The SMILES string of the molecule is C=Cn1cc(CNN2C(C)CCCC2C)cn1. The Labute approximate surface area is 103 Å². The number of rotatable bonds is 4. The van der Waals surface area contributed by atoms with E-state index in [4.69, 9.17) is 0 Å². The van der Waals surface area contributed by atoms with Gasteiger partial charge in [-0.25, -0.2) is 9.69 Å². The molecule has 0 radical (unpaired) electrons. The van der Waals surface area contributed by atoms with Gasteiger partial charge < -0.3 is 0 Å². The second-order valence-electron chi connectivity index (χ2n) is 4.88. The molecule has 0 spiro atoms. The second kappa shape index (κ2) is 5.47. The summed E-state index contributed by atoms with van der Waals surface area (Å²) < 4.78 is 1.74. The van der Waals surface area contributed by atoms with Crippen LogP contribution in [0.4, 0.5) is 0 Å². The third-order valence-corrected chi connectivity index (χ3v) is 3.50. The van der Waals surface area contributed by atoms with Crippen LogP contribution in [0.25, 0.3) is 6.20 Å². The van der Waals surface area contributed by atoms with Crippen LogP contribution in [0, 0.1) is 0 Å². The Hall–Kier alpha value is -1.13. The standard InChI is InChI=1S/C13H22N4/c1-4-16-10-13(8-14-16)9-15-17-11(2)6-5-7-12(17)3/h4,8,10-12,15H,1,5-7,9H2,2-3H3. The number of hydrogen-bond donors (Lipinski definition) is 1. The molecule has 4 heteroatoms. The Balaban J connectivity index is 1.89. The molecule has 0 amide bonds. The van der Waals surface area contributed by atoms with Gasteiger partial charge in [-0.1, -0.05) is 13.0 Å². The number of piperidine rings is 1. The van der Waals surface area contributed by atoms with Crippen molar-refractivity contribution >= 4 is 6.20 Å². The van der Waals surface area contributed by atoms with Crippen LogP contribution in [0.2, 0.25) is 0 Å². The summed E-state index contributed by atoms with van der Waals surface area (Å²) in [4.78, 5) is 0. The zero-order valence-corrected chi connectivity index (χ0v) is 10.8. The van der Waals surface area contributed by atoms with E-state index in [1.165, 1.54) is 24.8 Å². The van der Waals surface area contributed by atoms with E-state index in [1.54, 1.807) is 10.9 Å². The molecule has 1 aliphatic rings. The predicted molar refractivity (Wildman–Crippen MR) is 70.1 cm³/mol. The highest BCUT2D eigenvalue weighted by Gasteiger charge is 2.24. The lowest BCUT2D eigenvalue weighted by atomic mass is 10.00. The lowest BCUT2D eigenvalue weighted by Gasteiger charge is -2.39. The lowest BCUT2D eigenvalue weighted by Crippen LogP contribution is -2.51. The Morgan fingerprint density at radius 1 is 1.47 bits per heavy atom. The van der Waals surface area contributed by atoms with Gasteiger partial charge in [0.25, 0.3) is 0 Å². The molecule has 0 aromatic carbocycles. The van der Waals surface area contributed by atoms with Gasteiger partial charge >= 0.3 is 0 Å². The van der Waals surface area contributed by atoms with Crippen molar-refractivity contribution < 1.29 is 0 Å². The third-order valence-electron chi connectivity index (χ3n) is 3.50. The molecular weight excluding hydrogens is 212 g/mol. The van der Waals surface area contributed by atoms with E-state index in [0.717, 1.165) is 6.54 Å². The molecule has 0 aliphatic carbocycles. The monoisotopic (exact) mass is 234 g/mol. The maximum atomic E-state index is 4.18. The first-order valence-corrected chi connectivity index (χ1v) is 6.38. The molecule has 2 heterocycles. The minimum absolute atomic E-state index is 0.619. The average Bonchev–Trinajstić information content (AvgIpc) is 2.76. The summed E-state index contributed by atoms with van der Waals surface area (Å²) in [7, 11) is 0. The smallest absolute Gasteiger partial charge is 0.0539 e. The molecule has 1 aromatic rings. The Morgan fingerprint density at radius 3 is 2.76 bits per heavy atom. The van der Waals surface area contributed by atoms with Gasteiger partial charge in [-0.2, -0.15) is 5.10 Å². The summed E-state index contributed by atoms with van der Waals surface area (Å²) >= 11 is 0. The van der Waals surface area contributed by atoms with E-state index >= 15 is 0 Å². The van der Waals surface area contributed by atoms with Crippen LogP contribution in [0.15, 0.2) is 19.0 Å². The molecule has 94 valence electrons. The van der Waals surface area contributed by atoms with E-state index in [1.807, 2.05) is 12.4 Å².